The van der Waals surface area contributed by atoms with Crippen molar-refractivity contribution in [3.05, 3.63) is 72.8 Å². The summed E-state index contributed by atoms with van der Waals surface area (Å²) in [4.78, 5) is 0. The maximum absolute atomic E-state index is 11.8. The van der Waals surface area contributed by atoms with Crippen LogP contribution >= 0.6 is 0 Å². The van der Waals surface area contributed by atoms with E-state index < -0.39 is 10.0 Å². The first-order valence-corrected chi connectivity index (χ1v) is 7.36. The Kier molecular flexibility index (Phi) is 3.67. The molecule has 2 rings (SSSR count). The Hall–Kier alpha value is -1.81. The van der Waals surface area contributed by atoms with E-state index in [0.29, 0.717) is 5.69 Å². The minimum Gasteiger partial charge on any atom is -0.260 e. The van der Waals surface area contributed by atoms with E-state index in [1.165, 1.54) is 10.6 Å². The molecule has 1 radical (unpaired) electrons. The van der Waals surface area contributed by atoms with Gasteiger partial charge in [-0.25, -0.2) is 8.42 Å². The SMILES string of the molecule is CS(=O)(=O)N([CH]c1ccccc1)c1ccccc1. The van der Waals surface area contributed by atoms with E-state index in [0.717, 1.165) is 5.56 Å². The third-order valence-corrected chi connectivity index (χ3v) is 3.46. The second-order valence-electron chi connectivity index (χ2n) is 3.93. The Morgan fingerprint density at radius 2 is 1.39 bits per heavy atom. The molecule has 0 spiro atoms. The third kappa shape index (κ3) is 3.11. The summed E-state index contributed by atoms with van der Waals surface area (Å²) in [6.07, 6.45) is 1.19. The molecular formula is C14H14NO2S. The van der Waals surface area contributed by atoms with Crippen LogP contribution in [-0.2, 0) is 10.0 Å². The molecule has 93 valence electrons. The van der Waals surface area contributed by atoms with Gasteiger partial charge in [-0.05, 0) is 17.7 Å². The highest BCUT2D eigenvalue weighted by Crippen LogP contribution is 2.21. The van der Waals surface area contributed by atoms with Crippen molar-refractivity contribution in [2.75, 3.05) is 10.6 Å². The molecule has 0 fully saturated rings. The van der Waals surface area contributed by atoms with Crippen molar-refractivity contribution in [1.82, 2.24) is 0 Å². The van der Waals surface area contributed by atoms with Crippen molar-refractivity contribution in [1.29, 1.82) is 0 Å². The Bertz CT molecular complexity index is 594. The summed E-state index contributed by atoms with van der Waals surface area (Å²) >= 11 is 0. The highest BCUT2D eigenvalue weighted by molar-refractivity contribution is 7.92. The van der Waals surface area contributed by atoms with Crippen LogP contribution < -0.4 is 4.31 Å². The van der Waals surface area contributed by atoms with Gasteiger partial charge in [0.05, 0.1) is 18.5 Å². The van der Waals surface area contributed by atoms with Crippen LogP contribution in [0.4, 0.5) is 5.69 Å². The van der Waals surface area contributed by atoms with Crippen LogP contribution in [0.5, 0.6) is 0 Å². The Balaban J connectivity index is 2.34. The maximum atomic E-state index is 11.8. The molecule has 0 amide bonds. The summed E-state index contributed by atoms with van der Waals surface area (Å²) in [6, 6.07) is 18.4. The van der Waals surface area contributed by atoms with Gasteiger partial charge >= 0.3 is 0 Å². The third-order valence-electron chi connectivity index (χ3n) is 2.43. The molecule has 4 heteroatoms. The summed E-state index contributed by atoms with van der Waals surface area (Å²) in [5, 5.41) is 0. The summed E-state index contributed by atoms with van der Waals surface area (Å²) in [6.45, 7) is 1.62. The number of para-hydroxylation sites is 1. The zero-order chi connectivity index (χ0) is 13.0. The lowest BCUT2D eigenvalue weighted by atomic mass is 10.2. The van der Waals surface area contributed by atoms with Crippen molar-refractivity contribution in [2.24, 2.45) is 0 Å². The zero-order valence-corrected chi connectivity index (χ0v) is 10.8. The molecule has 0 aliphatic heterocycles. The second-order valence-corrected chi connectivity index (χ2v) is 5.79. The van der Waals surface area contributed by atoms with E-state index in [4.69, 9.17) is 0 Å². The van der Waals surface area contributed by atoms with Crippen molar-refractivity contribution >= 4 is 15.7 Å². The van der Waals surface area contributed by atoms with Gasteiger partial charge in [0.25, 0.3) is 0 Å². The molecule has 0 bridgehead atoms. The average molecular weight is 260 g/mol. The molecule has 0 saturated carbocycles. The standard InChI is InChI=1S/C14H14NO2S/c1-18(16,17)15(14-10-6-3-7-11-14)12-13-8-4-2-5-9-13/h2-12H,1H3. The number of nitrogens with zero attached hydrogens (tertiary/aromatic N) is 1. The quantitative estimate of drug-likeness (QED) is 0.847. The molecule has 0 aliphatic rings. The molecular weight excluding hydrogens is 246 g/mol. The molecule has 0 unspecified atom stereocenters. The number of hydrogen-bond donors (Lipinski definition) is 0. The lowest BCUT2D eigenvalue weighted by Gasteiger charge is -2.21. The van der Waals surface area contributed by atoms with E-state index in [9.17, 15) is 8.42 Å². The molecule has 0 aromatic heterocycles. The van der Waals surface area contributed by atoms with E-state index in [-0.39, 0.29) is 0 Å². The van der Waals surface area contributed by atoms with Crippen molar-refractivity contribution in [3.8, 4) is 0 Å². The van der Waals surface area contributed by atoms with Crippen LogP contribution in [0, 0.1) is 6.54 Å². The highest BCUT2D eigenvalue weighted by atomic mass is 32.2. The molecule has 2 aromatic carbocycles. The molecule has 0 aliphatic carbocycles. The van der Waals surface area contributed by atoms with Crippen molar-refractivity contribution in [3.63, 3.8) is 0 Å². The van der Waals surface area contributed by atoms with Crippen LogP contribution in [0.15, 0.2) is 60.7 Å². The van der Waals surface area contributed by atoms with Gasteiger partial charge in [0.2, 0.25) is 10.0 Å². The van der Waals surface area contributed by atoms with Gasteiger partial charge in [-0.1, -0.05) is 48.5 Å². The molecule has 18 heavy (non-hydrogen) atoms. The van der Waals surface area contributed by atoms with Crippen LogP contribution in [0.3, 0.4) is 0 Å². The minimum atomic E-state index is -3.34. The van der Waals surface area contributed by atoms with Crippen molar-refractivity contribution in [2.45, 2.75) is 0 Å². The van der Waals surface area contributed by atoms with Gasteiger partial charge in [0, 0.05) is 0 Å². The fraction of sp³-hybridized carbons (Fsp3) is 0.0714. The summed E-state index contributed by atoms with van der Waals surface area (Å²) in [5.74, 6) is 0. The average Bonchev–Trinajstić information content (AvgIpc) is 2.37. The minimum absolute atomic E-state index is 0.629. The Labute approximate surface area is 108 Å². The normalized spacial score (nSPS) is 11.2. The van der Waals surface area contributed by atoms with Gasteiger partial charge in [-0.15, -0.1) is 0 Å². The maximum Gasteiger partial charge on any atom is 0.232 e. The summed E-state index contributed by atoms with van der Waals surface area (Å²) in [7, 11) is -3.34. The van der Waals surface area contributed by atoms with Crippen LogP contribution in [0.25, 0.3) is 0 Å². The van der Waals surface area contributed by atoms with Gasteiger partial charge in [-0.3, -0.25) is 4.31 Å². The number of rotatable bonds is 4. The molecule has 0 N–H and O–H groups in total. The first-order chi connectivity index (χ1) is 8.57. The molecule has 3 nitrogen and oxygen atoms in total. The zero-order valence-electron chi connectivity index (χ0n) is 10.0. The number of anilines is 1. The van der Waals surface area contributed by atoms with E-state index in [1.54, 1.807) is 18.7 Å². The van der Waals surface area contributed by atoms with Gasteiger partial charge in [0.1, 0.15) is 0 Å². The van der Waals surface area contributed by atoms with Crippen LogP contribution in [-0.4, -0.2) is 14.7 Å². The van der Waals surface area contributed by atoms with Gasteiger partial charge in [0.15, 0.2) is 0 Å². The second kappa shape index (κ2) is 5.23. The number of sulfonamides is 1. The molecule has 0 atom stereocenters. The molecule has 0 saturated heterocycles. The monoisotopic (exact) mass is 260 g/mol. The Morgan fingerprint density at radius 1 is 0.889 bits per heavy atom. The van der Waals surface area contributed by atoms with Crippen LogP contribution in [0.2, 0.25) is 0 Å². The lowest BCUT2D eigenvalue weighted by Crippen LogP contribution is -2.27. The number of hydrogen-bond acceptors (Lipinski definition) is 2. The Morgan fingerprint density at radius 3 is 1.89 bits per heavy atom. The predicted molar refractivity (Wildman–Crippen MR) is 73.6 cm³/mol. The fourth-order valence-electron chi connectivity index (χ4n) is 1.61. The number of benzene rings is 2. The van der Waals surface area contributed by atoms with Crippen molar-refractivity contribution < 1.29 is 8.42 Å². The van der Waals surface area contributed by atoms with E-state index in [1.807, 2.05) is 48.5 Å². The first kappa shape index (κ1) is 12.6. The summed E-state index contributed by atoms with van der Waals surface area (Å²) < 4.78 is 24.9. The van der Waals surface area contributed by atoms with Crippen LogP contribution in [0.1, 0.15) is 5.56 Å². The van der Waals surface area contributed by atoms with E-state index >= 15 is 0 Å². The van der Waals surface area contributed by atoms with Gasteiger partial charge in [-0.2, -0.15) is 0 Å². The molecule has 2 aromatic rings. The summed E-state index contributed by atoms with van der Waals surface area (Å²) in [5.41, 5.74) is 1.47. The highest BCUT2D eigenvalue weighted by Gasteiger charge is 2.17. The van der Waals surface area contributed by atoms with Gasteiger partial charge < -0.3 is 0 Å². The topological polar surface area (TPSA) is 37.4 Å². The fourth-order valence-corrected chi connectivity index (χ4v) is 2.43. The smallest absolute Gasteiger partial charge is 0.232 e. The first-order valence-electron chi connectivity index (χ1n) is 5.52. The predicted octanol–water partition coefficient (Wildman–Crippen LogP) is 2.66. The lowest BCUT2D eigenvalue weighted by molar-refractivity contribution is 0.600. The molecule has 0 heterocycles. The van der Waals surface area contributed by atoms with E-state index in [2.05, 4.69) is 0 Å². The largest absolute Gasteiger partial charge is 0.260 e.